The fourth-order valence-corrected chi connectivity index (χ4v) is 3.88. The van der Waals surface area contributed by atoms with Crippen molar-refractivity contribution in [3.05, 3.63) is 36.4 Å². The molecule has 1 saturated heterocycles. The van der Waals surface area contributed by atoms with Crippen LogP contribution in [-0.4, -0.2) is 58.2 Å². The van der Waals surface area contributed by atoms with Crippen LogP contribution in [0.25, 0.3) is 33.3 Å². The van der Waals surface area contributed by atoms with E-state index in [9.17, 15) is 0 Å². The molecule has 1 fully saturated rings. The van der Waals surface area contributed by atoms with Crippen molar-refractivity contribution in [1.82, 2.24) is 30.2 Å². The largest absolute Gasteiger partial charge is 0.494 e. The first-order valence-electron chi connectivity index (χ1n) is 9.91. The van der Waals surface area contributed by atoms with Crippen LogP contribution in [0.3, 0.4) is 0 Å². The highest BCUT2D eigenvalue weighted by molar-refractivity contribution is 5.98. The molecular formula is C21H23N7O. The highest BCUT2D eigenvalue weighted by Crippen LogP contribution is 2.35. The number of aromatic nitrogens is 5. The molecule has 4 aromatic heterocycles. The number of rotatable bonds is 4. The van der Waals surface area contributed by atoms with Gasteiger partial charge < -0.3 is 19.9 Å². The van der Waals surface area contributed by atoms with Crippen molar-refractivity contribution in [3.8, 4) is 17.1 Å². The van der Waals surface area contributed by atoms with E-state index in [1.807, 2.05) is 6.07 Å². The van der Waals surface area contributed by atoms with Crippen LogP contribution in [0, 0.1) is 0 Å². The number of nitrogens with one attached hydrogen (secondary N) is 2. The van der Waals surface area contributed by atoms with Gasteiger partial charge in [-0.25, -0.2) is 15.0 Å². The van der Waals surface area contributed by atoms with E-state index in [1.54, 1.807) is 25.7 Å². The molecule has 0 spiro atoms. The Bertz CT molecular complexity index is 1180. The summed E-state index contributed by atoms with van der Waals surface area (Å²) in [5.41, 5.74) is 3.74. The Morgan fingerprint density at radius 2 is 2.03 bits per heavy atom. The van der Waals surface area contributed by atoms with Gasteiger partial charge in [-0.1, -0.05) is 6.92 Å². The third-order valence-electron chi connectivity index (χ3n) is 5.40. The van der Waals surface area contributed by atoms with Crippen LogP contribution in [0.2, 0.25) is 0 Å². The Morgan fingerprint density at radius 1 is 1.17 bits per heavy atom. The van der Waals surface area contributed by atoms with Crippen molar-refractivity contribution in [2.24, 2.45) is 0 Å². The van der Waals surface area contributed by atoms with Gasteiger partial charge in [-0.05, 0) is 18.6 Å². The maximum absolute atomic E-state index is 5.59. The zero-order chi connectivity index (χ0) is 19.8. The number of H-pyrrole nitrogens is 1. The number of ether oxygens (including phenoxy) is 1. The second kappa shape index (κ2) is 7.29. The van der Waals surface area contributed by atoms with E-state index in [2.05, 4.69) is 38.2 Å². The monoisotopic (exact) mass is 389 g/mol. The van der Waals surface area contributed by atoms with Crippen LogP contribution in [0.4, 0.5) is 5.82 Å². The molecule has 5 heterocycles. The van der Waals surface area contributed by atoms with E-state index in [0.717, 1.165) is 71.6 Å². The van der Waals surface area contributed by atoms with Crippen molar-refractivity contribution in [3.63, 3.8) is 0 Å². The maximum Gasteiger partial charge on any atom is 0.163 e. The normalized spacial score (nSPS) is 14.6. The van der Waals surface area contributed by atoms with Crippen molar-refractivity contribution in [1.29, 1.82) is 0 Å². The minimum atomic E-state index is 0.676. The van der Waals surface area contributed by atoms with Crippen LogP contribution in [-0.2, 0) is 6.42 Å². The third kappa shape index (κ3) is 3.05. The summed E-state index contributed by atoms with van der Waals surface area (Å²) in [4.78, 5) is 24.3. The molecule has 0 amide bonds. The highest BCUT2D eigenvalue weighted by Gasteiger charge is 2.21. The molecule has 0 aromatic carbocycles. The van der Waals surface area contributed by atoms with Gasteiger partial charge in [0.15, 0.2) is 5.82 Å². The Morgan fingerprint density at radius 3 is 2.83 bits per heavy atom. The quantitative estimate of drug-likeness (QED) is 0.554. The number of hydrogen-bond donors (Lipinski definition) is 2. The van der Waals surface area contributed by atoms with Crippen molar-refractivity contribution in [2.45, 2.75) is 13.3 Å². The van der Waals surface area contributed by atoms with E-state index >= 15 is 0 Å². The van der Waals surface area contributed by atoms with Gasteiger partial charge in [-0.15, -0.1) is 0 Å². The molecule has 5 rings (SSSR count). The van der Waals surface area contributed by atoms with Crippen LogP contribution in [0.15, 0.2) is 30.7 Å². The molecule has 1 aliphatic heterocycles. The number of nitrogens with zero attached hydrogens (tertiary/aromatic N) is 5. The molecule has 0 aliphatic carbocycles. The van der Waals surface area contributed by atoms with Crippen molar-refractivity contribution < 1.29 is 4.74 Å². The zero-order valence-electron chi connectivity index (χ0n) is 16.6. The Kier molecular flexibility index (Phi) is 4.48. The number of aromatic amines is 1. The number of aryl methyl sites for hydroxylation is 1. The first kappa shape index (κ1) is 17.8. The van der Waals surface area contributed by atoms with Gasteiger partial charge in [-0.3, -0.25) is 4.98 Å². The first-order chi connectivity index (χ1) is 14.3. The van der Waals surface area contributed by atoms with Gasteiger partial charge >= 0.3 is 0 Å². The molecule has 2 N–H and O–H groups in total. The van der Waals surface area contributed by atoms with E-state index < -0.39 is 0 Å². The predicted octanol–water partition coefficient (Wildman–Crippen LogP) is 2.55. The summed E-state index contributed by atoms with van der Waals surface area (Å²) in [7, 11) is 1.66. The van der Waals surface area contributed by atoms with E-state index in [-0.39, 0.29) is 0 Å². The predicted molar refractivity (Wildman–Crippen MR) is 113 cm³/mol. The van der Waals surface area contributed by atoms with Gasteiger partial charge in [0.25, 0.3) is 0 Å². The number of anilines is 1. The molecule has 0 unspecified atom stereocenters. The Hall–Kier alpha value is -3.26. The van der Waals surface area contributed by atoms with Gasteiger partial charge in [0, 0.05) is 49.0 Å². The van der Waals surface area contributed by atoms with Gasteiger partial charge in [-0.2, -0.15) is 0 Å². The molecule has 0 saturated carbocycles. The minimum absolute atomic E-state index is 0.676. The standard InChI is InChI=1S/C21H23N7O/c1-3-13-10-15-14(4-5-24-19(15)25-13)20-26-16-11-23-12-17(29-2)18(16)21(27-20)28-8-6-22-7-9-28/h4-5,10-12,22H,3,6-9H2,1-2H3,(H,24,25). The lowest BCUT2D eigenvalue weighted by Gasteiger charge is -2.29. The number of fused-ring (bicyclic) bond motifs is 2. The van der Waals surface area contributed by atoms with Gasteiger partial charge in [0.2, 0.25) is 0 Å². The summed E-state index contributed by atoms with van der Waals surface area (Å²) in [5.74, 6) is 2.26. The molecule has 0 bridgehead atoms. The molecular weight excluding hydrogens is 366 g/mol. The summed E-state index contributed by atoms with van der Waals surface area (Å²) >= 11 is 0. The number of pyridine rings is 2. The average Bonchev–Trinajstić information content (AvgIpc) is 3.22. The van der Waals surface area contributed by atoms with Crippen molar-refractivity contribution >= 4 is 27.8 Å². The molecule has 8 heteroatoms. The Balaban J connectivity index is 1.76. The van der Waals surface area contributed by atoms with Gasteiger partial charge in [0.1, 0.15) is 17.2 Å². The SMILES string of the molecule is CCc1cc2c(-c3nc(N4CCNCC4)c4c(OC)cncc4n3)ccnc2[nH]1. The Labute approximate surface area is 168 Å². The lowest BCUT2D eigenvalue weighted by molar-refractivity contribution is 0.418. The van der Waals surface area contributed by atoms with Gasteiger partial charge in [0.05, 0.1) is 30.4 Å². The van der Waals surface area contributed by atoms with E-state index in [1.165, 1.54) is 0 Å². The summed E-state index contributed by atoms with van der Waals surface area (Å²) in [5, 5.41) is 5.34. The van der Waals surface area contributed by atoms with Crippen LogP contribution >= 0.6 is 0 Å². The molecule has 1 aliphatic rings. The number of methoxy groups -OCH3 is 1. The summed E-state index contributed by atoms with van der Waals surface area (Å²) < 4.78 is 5.59. The second-order valence-corrected chi connectivity index (χ2v) is 7.11. The van der Waals surface area contributed by atoms with E-state index in [0.29, 0.717) is 11.6 Å². The topological polar surface area (TPSA) is 91.8 Å². The third-order valence-corrected chi connectivity index (χ3v) is 5.40. The lowest BCUT2D eigenvalue weighted by Crippen LogP contribution is -2.44. The molecule has 148 valence electrons. The molecule has 0 atom stereocenters. The first-order valence-corrected chi connectivity index (χ1v) is 9.91. The van der Waals surface area contributed by atoms with Crippen molar-refractivity contribution in [2.75, 3.05) is 38.2 Å². The molecule has 8 nitrogen and oxygen atoms in total. The minimum Gasteiger partial charge on any atom is -0.494 e. The van der Waals surface area contributed by atoms with Crippen LogP contribution in [0.1, 0.15) is 12.6 Å². The average molecular weight is 389 g/mol. The highest BCUT2D eigenvalue weighted by atomic mass is 16.5. The summed E-state index contributed by atoms with van der Waals surface area (Å²) in [6.45, 7) is 5.73. The maximum atomic E-state index is 5.59. The summed E-state index contributed by atoms with van der Waals surface area (Å²) in [6, 6.07) is 4.12. The fourth-order valence-electron chi connectivity index (χ4n) is 3.88. The molecule has 4 aromatic rings. The van der Waals surface area contributed by atoms with Crippen LogP contribution < -0.4 is 15.0 Å². The zero-order valence-corrected chi connectivity index (χ0v) is 16.6. The lowest BCUT2D eigenvalue weighted by atomic mass is 10.1. The second-order valence-electron chi connectivity index (χ2n) is 7.11. The summed E-state index contributed by atoms with van der Waals surface area (Å²) in [6.07, 6.45) is 6.22. The fraction of sp³-hybridized carbons (Fsp3) is 0.333. The number of hydrogen-bond acceptors (Lipinski definition) is 7. The van der Waals surface area contributed by atoms with Crippen LogP contribution in [0.5, 0.6) is 5.75 Å². The molecule has 0 radical (unpaired) electrons. The molecule has 29 heavy (non-hydrogen) atoms. The van der Waals surface area contributed by atoms with E-state index in [4.69, 9.17) is 14.7 Å². The smallest absolute Gasteiger partial charge is 0.163 e. The number of piperazine rings is 1.